The molecule has 0 unspecified atom stereocenters. The van der Waals surface area contributed by atoms with Crippen LogP contribution in [0.4, 0.5) is 26.9 Å². The maximum Gasteiger partial charge on any atom is 0.324 e. The van der Waals surface area contributed by atoms with E-state index in [1.54, 1.807) is 27.9 Å². The fraction of sp³-hybridized carbons (Fsp3) is 0.257. The summed E-state index contributed by atoms with van der Waals surface area (Å²) in [6.45, 7) is 6.27. The highest BCUT2D eigenvalue weighted by atomic mass is 16.5. The number of carbonyl (C=O) groups is 2. The number of fused-ring (bicyclic) bond motifs is 1. The lowest BCUT2D eigenvalue weighted by atomic mass is 10.1. The summed E-state index contributed by atoms with van der Waals surface area (Å²) in [5.74, 6) is 2.08. The number of aryl methyl sites for hydroxylation is 2. The summed E-state index contributed by atoms with van der Waals surface area (Å²) in [5, 5.41) is 15.2. The standard InChI is InChI=1S/C35H37N7O4/c1-3-4-7-25-22-33(42(40-25)26-12-10-24(2)11-13-26)39-34(43)37-30-14-15-31(29-9-6-5-8-28(29)30)46-27-16-17-36-32(23-27)38-35(44)41-18-20-45-21-19-41/h5-6,8-17,22-23H,3-4,7,18-21H2,1-2H3,(H,36,38,44)(H2,37,39,43). The number of ether oxygens (including phenoxy) is 2. The van der Waals surface area contributed by atoms with Gasteiger partial charge >= 0.3 is 12.1 Å². The summed E-state index contributed by atoms with van der Waals surface area (Å²) < 4.78 is 13.4. The third-order valence-corrected chi connectivity index (χ3v) is 7.69. The Morgan fingerprint density at radius 2 is 1.70 bits per heavy atom. The van der Waals surface area contributed by atoms with Crippen LogP contribution >= 0.6 is 0 Å². The number of nitrogens with zero attached hydrogens (tertiary/aromatic N) is 4. The molecule has 3 N–H and O–H groups in total. The highest BCUT2D eigenvalue weighted by molar-refractivity contribution is 6.07. The average Bonchev–Trinajstić information content (AvgIpc) is 3.47. The molecule has 11 nitrogen and oxygen atoms in total. The number of benzene rings is 3. The number of rotatable bonds is 9. The van der Waals surface area contributed by atoms with Crippen molar-refractivity contribution in [2.45, 2.75) is 33.1 Å². The van der Waals surface area contributed by atoms with E-state index in [2.05, 4.69) is 27.9 Å². The quantitative estimate of drug-likeness (QED) is 0.158. The third-order valence-electron chi connectivity index (χ3n) is 7.69. The van der Waals surface area contributed by atoms with E-state index >= 15 is 0 Å². The van der Waals surface area contributed by atoms with Crippen LogP contribution in [0.3, 0.4) is 0 Å². The van der Waals surface area contributed by atoms with E-state index < -0.39 is 0 Å². The molecule has 0 spiro atoms. The molecule has 0 saturated carbocycles. The van der Waals surface area contributed by atoms with E-state index in [-0.39, 0.29) is 12.1 Å². The highest BCUT2D eigenvalue weighted by Gasteiger charge is 2.18. The molecule has 0 aliphatic carbocycles. The van der Waals surface area contributed by atoms with Crippen LogP contribution < -0.4 is 20.7 Å². The van der Waals surface area contributed by atoms with Gasteiger partial charge in [-0.2, -0.15) is 5.10 Å². The molecule has 4 amide bonds. The number of nitrogens with one attached hydrogen (secondary N) is 3. The molecule has 1 saturated heterocycles. The number of carbonyl (C=O) groups excluding carboxylic acids is 2. The summed E-state index contributed by atoms with van der Waals surface area (Å²) >= 11 is 0. The van der Waals surface area contributed by atoms with Crippen molar-refractivity contribution in [1.29, 1.82) is 0 Å². The first-order valence-corrected chi connectivity index (χ1v) is 15.5. The molecule has 236 valence electrons. The molecule has 0 atom stereocenters. The van der Waals surface area contributed by atoms with Crippen molar-refractivity contribution in [3.8, 4) is 17.2 Å². The fourth-order valence-corrected chi connectivity index (χ4v) is 5.25. The lowest BCUT2D eigenvalue weighted by molar-refractivity contribution is 0.0564. The van der Waals surface area contributed by atoms with Gasteiger partial charge in [0.2, 0.25) is 0 Å². The number of amides is 4. The predicted octanol–water partition coefficient (Wildman–Crippen LogP) is 7.37. The second kappa shape index (κ2) is 14.1. The number of morpholine rings is 1. The van der Waals surface area contributed by atoms with Crippen LogP contribution in [0.5, 0.6) is 11.5 Å². The Morgan fingerprint density at radius 3 is 2.48 bits per heavy atom. The molecule has 0 bridgehead atoms. The second-order valence-corrected chi connectivity index (χ2v) is 11.1. The zero-order chi connectivity index (χ0) is 31.9. The van der Waals surface area contributed by atoms with Gasteiger partial charge in [0.25, 0.3) is 0 Å². The molecule has 46 heavy (non-hydrogen) atoms. The van der Waals surface area contributed by atoms with Gasteiger partial charge < -0.3 is 19.7 Å². The second-order valence-electron chi connectivity index (χ2n) is 11.1. The van der Waals surface area contributed by atoms with Gasteiger partial charge in [0.1, 0.15) is 23.1 Å². The van der Waals surface area contributed by atoms with Gasteiger partial charge in [-0.1, -0.05) is 55.3 Å². The molecule has 1 aliphatic heterocycles. The third kappa shape index (κ3) is 7.27. The summed E-state index contributed by atoms with van der Waals surface area (Å²) in [7, 11) is 0. The molecular weight excluding hydrogens is 582 g/mol. The van der Waals surface area contributed by atoms with Crippen LogP contribution in [-0.2, 0) is 11.2 Å². The SMILES string of the molecule is CCCCc1cc(NC(=O)Nc2ccc(Oc3ccnc(NC(=O)N4CCOCC4)c3)c3ccccc23)n(-c2ccc(C)cc2)n1. The monoisotopic (exact) mass is 619 g/mol. The molecule has 2 aromatic heterocycles. The molecule has 11 heteroatoms. The molecule has 3 aromatic carbocycles. The number of urea groups is 2. The first-order chi connectivity index (χ1) is 22.5. The number of pyridine rings is 1. The minimum atomic E-state index is -0.385. The predicted molar refractivity (Wildman–Crippen MR) is 179 cm³/mol. The average molecular weight is 620 g/mol. The van der Waals surface area contributed by atoms with E-state index in [4.69, 9.17) is 14.6 Å². The maximum atomic E-state index is 13.4. The number of hydrogen-bond donors (Lipinski definition) is 3. The summed E-state index contributed by atoms with van der Waals surface area (Å²) in [6, 6.07) is 24.1. The topological polar surface area (TPSA) is 123 Å². The van der Waals surface area contributed by atoms with Crippen LogP contribution in [0.25, 0.3) is 16.5 Å². The number of hydrogen-bond acceptors (Lipinski definition) is 6. The van der Waals surface area contributed by atoms with Gasteiger partial charge in [0.15, 0.2) is 0 Å². The van der Waals surface area contributed by atoms with Gasteiger partial charge in [-0.05, 0) is 50.1 Å². The van der Waals surface area contributed by atoms with Crippen molar-refractivity contribution < 1.29 is 19.1 Å². The van der Waals surface area contributed by atoms with Gasteiger partial charge in [0.05, 0.1) is 30.3 Å². The summed E-state index contributed by atoms with van der Waals surface area (Å²) in [6.07, 6.45) is 4.49. The van der Waals surface area contributed by atoms with Gasteiger partial charge in [-0.3, -0.25) is 10.6 Å². The van der Waals surface area contributed by atoms with Gasteiger partial charge in [-0.25, -0.2) is 19.3 Å². The molecule has 0 radical (unpaired) electrons. The lowest BCUT2D eigenvalue weighted by Gasteiger charge is -2.26. The Morgan fingerprint density at radius 1 is 0.913 bits per heavy atom. The number of anilines is 3. The van der Waals surface area contributed by atoms with Crippen molar-refractivity contribution in [3.05, 3.63) is 96.3 Å². The summed E-state index contributed by atoms with van der Waals surface area (Å²) in [5.41, 5.74) is 3.56. The highest BCUT2D eigenvalue weighted by Crippen LogP contribution is 2.35. The van der Waals surface area contributed by atoms with Crippen LogP contribution in [0.2, 0.25) is 0 Å². The maximum absolute atomic E-state index is 13.4. The largest absolute Gasteiger partial charge is 0.457 e. The van der Waals surface area contributed by atoms with Gasteiger partial charge in [-0.15, -0.1) is 0 Å². The number of aromatic nitrogens is 3. The molecule has 1 aliphatic rings. The Labute approximate surface area is 267 Å². The van der Waals surface area contributed by atoms with E-state index in [0.29, 0.717) is 55.1 Å². The first-order valence-electron chi connectivity index (χ1n) is 15.5. The van der Waals surface area contributed by atoms with Crippen molar-refractivity contribution in [1.82, 2.24) is 19.7 Å². The molecule has 6 rings (SSSR count). The minimum absolute atomic E-state index is 0.230. The van der Waals surface area contributed by atoms with Crippen LogP contribution in [-0.4, -0.2) is 58.0 Å². The Kier molecular flexibility index (Phi) is 9.40. The molecule has 1 fully saturated rings. The van der Waals surface area contributed by atoms with Crippen molar-refractivity contribution in [3.63, 3.8) is 0 Å². The normalized spacial score (nSPS) is 13.0. The van der Waals surface area contributed by atoms with E-state index in [1.165, 1.54) is 0 Å². The van der Waals surface area contributed by atoms with Gasteiger partial charge in [0, 0.05) is 42.2 Å². The Hall–Kier alpha value is -5.42. The Bertz CT molecular complexity index is 1830. The van der Waals surface area contributed by atoms with E-state index in [9.17, 15) is 9.59 Å². The number of unbranched alkanes of at least 4 members (excludes halogenated alkanes) is 1. The zero-order valence-corrected chi connectivity index (χ0v) is 26.0. The van der Waals surface area contributed by atoms with Crippen LogP contribution in [0.1, 0.15) is 31.0 Å². The minimum Gasteiger partial charge on any atom is -0.457 e. The van der Waals surface area contributed by atoms with Crippen molar-refractivity contribution in [2.24, 2.45) is 0 Å². The fourth-order valence-electron chi connectivity index (χ4n) is 5.25. The smallest absolute Gasteiger partial charge is 0.324 e. The lowest BCUT2D eigenvalue weighted by Crippen LogP contribution is -2.43. The van der Waals surface area contributed by atoms with E-state index in [0.717, 1.165) is 47.0 Å². The summed E-state index contributed by atoms with van der Waals surface area (Å²) in [4.78, 5) is 32.0. The zero-order valence-electron chi connectivity index (χ0n) is 26.0. The van der Waals surface area contributed by atoms with Crippen molar-refractivity contribution >= 4 is 40.2 Å². The van der Waals surface area contributed by atoms with Crippen LogP contribution in [0, 0.1) is 6.92 Å². The molecule has 5 aromatic rings. The Balaban J connectivity index is 1.19. The van der Waals surface area contributed by atoms with Crippen molar-refractivity contribution in [2.75, 3.05) is 42.3 Å². The first kappa shape index (κ1) is 30.6. The molecular formula is C35H37N7O4. The molecule has 3 heterocycles. The van der Waals surface area contributed by atoms with Crippen LogP contribution in [0.15, 0.2) is 85.1 Å². The van der Waals surface area contributed by atoms with E-state index in [1.807, 2.05) is 73.7 Å².